The quantitative estimate of drug-likeness (QED) is 0.838. The number of piperidine rings is 1. The maximum atomic E-state index is 13.1. The predicted molar refractivity (Wildman–Crippen MR) is 84.9 cm³/mol. The Morgan fingerprint density at radius 3 is 2.91 bits per heavy atom. The van der Waals surface area contributed by atoms with E-state index in [0.717, 1.165) is 30.1 Å². The van der Waals surface area contributed by atoms with Crippen LogP contribution in [0.2, 0.25) is 0 Å². The van der Waals surface area contributed by atoms with Crippen molar-refractivity contribution in [3.8, 4) is 0 Å². The molecule has 2 heterocycles. The van der Waals surface area contributed by atoms with Gasteiger partial charge in [-0.25, -0.2) is 4.39 Å². The van der Waals surface area contributed by atoms with E-state index in [2.05, 4.69) is 15.0 Å². The Balaban J connectivity index is 1.72. The van der Waals surface area contributed by atoms with Gasteiger partial charge in [0.05, 0.1) is 12.3 Å². The highest BCUT2D eigenvalue weighted by atomic mass is 32.2. The fourth-order valence-electron chi connectivity index (χ4n) is 2.96. The SMILES string of the molecule is CSCc1noc(CN2CCCC[C@H]2c2ccc(F)cc2)n1. The zero-order chi connectivity index (χ0) is 15.4. The summed E-state index contributed by atoms with van der Waals surface area (Å²) < 4.78 is 18.5. The normalized spacial score (nSPS) is 19.5. The number of rotatable bonds is 5. The van der Waals surface area contributed by atoms with Crippen molar-refractivity contribution in [3.05, 3.63) is 47.4 Å². The molecule has 0 spiro atoms. The van der Waals surface area contributed by atoms with Crippen molar-refractivity contribution >= 4 is 11.8 Å². The first-order valence-electron chi connectivity index (χ1n) is 7.56. The van der Waals surface area contributed by atoms with Crippen LogP contribution in [0, 0.1) is 5.82 Å². The standard InChI is InChI=1S/C16H20FN3OS/c1-22-11-15-18-16(21-19-15)10-20-9-3-2-4-14(20)12-5-7-13(17)8-6-12/h5-8,14H,2-4,9-11H2,1H3/t14-/m0/s1. The lowest BCUT2D eigenvalue weighted by Gasteiger charge is -2.35. The van der Waals surface area contributed by atoms with Gasteiger partial charge < -0.3 is 4.52 Å². The molecule has 2 aromatic rings. The molecule has 0 aliphatic carbocycles. The second-order valence-corrected chi connectivity index (χ2v) is 6.44. The Bertz CT molecular complexity index is 602. The van der Waals surface area contributed by atoms with E-state index in [-0.39, 0.29) is 5.82 Å². The number of thioether (sulfide) groups is 1. The maximum Gasteiger partial charge on any atom is 0.240 e. The summed E-state index contributed by atoms with van der Waals surface area (Å²) in [6, 6.07) is 7.12. The molecule has 1 aliphatic heterocycles. The Morgan fingerprint density at radius 2 is 2.14 bits per heavy atom. The summed E-state index contributed by atoms with van der Waals surface area (Å²) >= 11 is 1.68. The molecule has 0 amide bonds. The summed E-state index contributed by atoms with van der Waals surface area (Å²) in [7, 11) is 0. The lowest BCUT2D eigenvalue weighted by Crippen LogP contribution is -2.33. The second-order valence-electron chi connectivity index (χ2n) is 5.57. The highest BCUT2D eigenvalue weighted by Gasteiger charge is 2.25. The first kappa shape index (κ1) is 15.5. The molecule has 1 aromatic heterocycles. The molecule has 0 radical (unpaired) electrons. The second kappa shape index (κ2) is 7.24. The van der Waals surface area contributed by atoms with Gasteiger partial charge in [-0.1, -0.05) is 23.7 Å². The third-order valence-electron chi connectivity index (χ3n) is 3.99. The minimum absolute atomic E-state index is 0.190. The van der Waals surface area contributed by atoms with Gasteiger partial charge in [0.1, 0.15) is 5.82 Å². The van der Waals surface area contributed by atoms with Crippen molar-refractivity contribution in [1.82, 2.24) is 15.0 Å². The van der Waals surface area contributed by atoms with Gasteiger partial charge in [0, 0.05) is 6.04 Å². The third kappa shape index (κ3) is 3.67. The van der Waals surface area contributed by atoms with E-state index in [9.17, 15) is 4.39 Å². The molecule has 118 valence electrons. The lowest BCUT2D eigenvalue weighted by molar-refractivity contribution is 0.124. The number of likely N-dealkylation sites (tertiary alicyclic amines) is 1. The molecule has 1 saturated heterocycles. The van der Waals surface area contributed by atoms with E-state index in [1.54, 1.807) is 11.8 Å². The van der Waals surface area contributed by atoms with E-state index in [1.165, 1.54) is 25.0 Å². The summed E-state index contributed by atoms with van der Waals surface area (Å²) in [4.78, 5) is 6.79. The Morgan fingerprint density at radius 1 is 1.32 bits per heavy atom. The molecular weight excluding hydrogens is 301 g/mol. The Hall–Kier alpha value is -1.40. The van der Waals surface area contributed by atoms with E-state index in [0.29, 0.717) is 18.5 Å². The number of halogens is 1. The number of aromatic nitrogens is 2. The Labute approximate surface area is 134 Å². The van der Waals surface area contributed by atoms with Gasteiger partial charge in [-0.2, -0.15) is 16.7 Å². The number of hydrogen-bond donors (Lipinski definition) is 0. The average Bonchev–Trinajstić information content (AvgIpc) is 2.96. The van der Waals surface area contributed by atoms with Crippen molar-refractivity contribution in [1.29, 1.82) is 0 Å². The fourth-order valence-corrected chi connectivity index (χ4v) is 3.33. The average molecular weight is 321 g/mol. The monoisotopic (exact) mass is 321 g/mol. The van der Waals surface area contributed by atoms with Crippen LogP contribution in [0.25, 0.3) is 0 Å². The van der Waals surface area contributed by atoms with Gasteiger partial charge in [0.2, 0.25) is 5.89 Å². The fraction of sp³-hybridized carbons (Fsp3) is 0.500. The largest absolute Gasteiger partial charge is 0.338 e. The minimum Gasteiger partial charge on any atom is -0.338 e. The van der Waals surface area contributed by atoms with Gasteiger partial charge in [-0.15, -0.1) is 0 Å². The molecule has 1 aliphatic rings. The molecule has 0 bridgehead atoms. The molecule has 3 rings (SSSR count). The predicted octanol–water partition coefficient (Wildman–Crippen LogP) is 3.80. The van der Waals surface area contributed by atoms with Crippen LogP contribution >= 0.6 is 11.8 Å². The van der Waals surface area contributed by atoms with Gasteiger partial charge in [-0.05, 0) is 43.3 Å². The first-order valence-corrected chi connectivity index (χ1v) is 8.95. The van der Waals surface area contributed by atoms with Crippen LogP contribution < -0.4 is 0 Å². The first-order chi connectivity index (χ1) is 10.8. The zero-order valence-corrected chi connectivity index (χ0v) is 13.5. The van der Waals surface area contributed by atoms with Crippen LogP contribution in [0.5, 0.6) is 0 Å². The van der Waals surface area contributed by atoms with E-state index >= 15 is 0 Å². The van der Waals surface area contributed by atoms with Crippen molar-refractivity contribution < 1.29 is 8.91 Å². The third-order valence-corrected chi connectivity index (χ3v) is 4.54. The Kier molecular flexibility index (Phi) is 5.10. The van der Waals surface area contributed by atoms with Crippen molar-refractivity contribution in [2.24, 2.45) is 0 Å². The highest BCUT2D eigenvalue weighted by molar-refractivity contribution is 7.97. The number of nitrogens with zero attached hydrogens (tertiary/aromatic N) is 3. The van der Waals surface area contributed by atoms with Crippen molar-refractivity contribution in [2.75, 3.05) is 12.8 Å². The van der Waals surface area contributed by atoms with Crippen LogP contribution in [0.15, 0.2) is 28.8 Å². The molecule has 0 saturated carbocycles. The molecular formula is C16H20FN3OS. The molecule has 0 N–H and O–H groups in total. The molecule has 1 fully saturated rings. The van der Waals surface area contributed by atoms with Crippen LogP contribution in [-0.4, -0.2) is 27.8 Å². The summed E-state index contributed by atoms with van der Waals surface area (Å²) in [5.74, 6) is 1.99. The zero-order valence-electron chi connectivity index (χ0n) is 12.7. The molecule has 1 atom stereocenters. The molecule has 4 nitrogen and oxygen atoms in total. The summed E-state index contributed by atoms with van der Waals surface area (Å²) in [6.45, 7) is 1.66. The van der Waals surface area contributed by atoms with Crippen LogP contribution in [0.3, 0.4) is 0 Å². The topological polar surface area (TPSA) is 42.2 Å². The van der Waals surface area contributed by atoms with Crippen molar-refractivity contribution in [3.63, 3.8) is 0 Å². The molecule has 22 heavy (non-hydrogen) atoms. The summed E-state index contributed by atoms with van der Waals surface area (Å²) in [5, 5.41) is 4.00. The molecule has 6 heteroatoms. The maximum absolute atomic E-state index is 13.1. The van der Waals surface area contributed by atoms with Gasteiger partial charge >= 0.3 is 0 Å². The van der Waals surface area contributed by atoms with Crippen LogP contribution in [0.1, 0.15) is 42.6 Å². The van der Waals surface area contributed by atoms with Gasteiger partial charge in [0.25, 0.3) is 0 Å². The van der Waals surface area contributed by atoms with Crippen molar-refractivity contribution in [2.45, 2.75) is 37.6 Å². The number of hydrogen-bond acceptors (Lipinski definition) is 5. The number of benzene rings is 1. The van der Waals surface area contributed by atoms with Crippen LogP contribution in [-0.2, 0) is 12.3 Å². The van der Waals surface area contributed by atoms with Gasteiger partial charge in [-0.3, -0.25) is 4.90 Å². The lowest BCUT2D eigenvalue weighted by atomic mass is 9.95. The van der Waals surface area contributed by atoms with E-state index in [4.69, 9.17) is 4.52 Å². The van der Waals surface area contributed by atoms with E-state index < -0.39 is 0 Å². The van der Waals surface area contributed by atoms with Gasteiger partial charge in [0.15, 0.2) is 5.82 Å². The summed E-state index contributed by atoms with van der Waals surface area (Å²) in [5.41, 5.74) is 1.16. The molecule has 0 unspecified atom stereocenters. The smallest absolute Gasteiger partial charge is 0.240 e. The van der Waals surface area contributed by atoms with Crippen LogP contribution in [0.4, 0.5) is 4.39 Å². The highest BCUT2D eigenvalue weighted by Crippen LogP contribution is 2.32. The molecule has 1 aromatic carbocycles. The minimum atomic E-state index is -0.190. The summed E-state index contributed by atoms with van der Waals surface area (Å²) in [6.07, 6.45) is 5.46. The van der Waals surface area contributed by atoms with E-state index in [1.807, 2.05) is 18.4 Å².